The zero-order chi connectivity index (χ0) is 17.0. The van der Waals surface area contributed by atoms with Crippen molar-refractivity contribution in [3.63, 3.8) is 0 Å². The highest BCUT2D eigenvalue weighted by Crippen LogP contribution is 2.36. The third-order valence-electron chi connectivity index (χ3n) is 3.41. The maximum atomic E-state index is 11.8. The number of esters is 1. The first kappa shape index (κ1) is 16.5. The smallest absolute Gasteiger partial charge is 0.377 e. The number of carboxylic acids is 1. The van der Waals surface area contributed by atoms with Crippen LogP contribution in [0.1, 0.15) is 30.4 Å². The molecular formula is C16H15NO6. The number of hydrogen-bond acceptors (Lipinski definition) is 6. The van der Waals surface area contributed by atoms with Gasteiger partial charge in [-0.25, -0.2) is 9.59 Å². The quantitative estimate of drug-likeness (QED) is 0.803. The Morgan fingerprint density at radius 2 is 2.09 bits per heavy atom. The summed E-state index contributed by atoms with van der Waals surface area (Å²) in [5.41, 5.74) is 1.10. The van der Waals surface area contributed by atoms with Crippen molar-refractivity contribution in [3.8, 4) is 6.07 Å². The van der Waals surface area contributed by atoms with Crippen LogP contribution < -0.4 is 0 Å². The van der Waals surface area contributed by atoms with E-state index in [4.69, 9.17) is 14.7 Å². The predicted octanol–water partition coefficient (Wildman–Crippen LogP) is 1.28. The Labute approximate surface area is 132 Å². The van der Waals surface area contributed by atoms with Gasteiger partial charge in [-0.05, 0) is 30.7 Å². The van der Waals surface area contributed by atoms with E-state index in [1.807, 2.05) is 6.07 Å². The Morgan fingerprint density at radius 3 is 2.61 bits per heavy atom. The molecule has 1 heterocycles. The van der Waals surface area contributed by atoms with Crippen molar-refractivity contribution in [1.29, 1.82) is 5.26 Å². The van der Waals surface area contributed by atoms with Gasteiger partial charge < -0.3 is 19.7 Å². The van der Waals surface area contributed by atoms with Gasteiger partial charge in [0.15, 0.2) is 0 Å². The Hall–Kier alpha value is -2.85. The molecule has 0 spiro atoms. The number of ether oxygens (including phenoxy) is 2. The second-order valence-corrected chi connectivity index (χ2v) is 4.99. The van der Waals surface area contributed by atoms with Crippen molar-refractivity contribution in [1.82, 2.24) is 0 Å². The number of carbonyl (C=O) groups excluding carboxylic acids is 1. The van der Waals surface area contributed by atoms with Crippen LogP contribution in [-0.4, -0.2) is 34.5 Å². The van der Waals surface area contributed by atoms with Crippen LogP contribution in [0.5, 0.6) is 0 Å². The summed E-state index contributed by atoms with van der Waals surface area (Å²) in [7, 11) is 0. The molecule has 1 aliphatic heterocycles. The summed E-state index contributed by atoms with van der Waals surface area (Å²) in [6.45, 7) is 1.69. The third-order valence-corrected chi connectivity index (χ3v) is 3.41. The molecular weight excluding hydrogens is 302 g/mol. The maximum Gasteiger partial charge on any atom is 0.377 e. The molecule has 7 heteroatoms. The maximum absolute atomic E-state index is 11.8. The van der Waals surface area contributed by atoms with Gasteiger partial charge in [0.05, 0.1) is 18.2 Å². The van der Waals surface area contributed by atoms with E-state index in [0.717, 1.165) is 0 Å². The minimum absolute atomic E-state index is 0.0898. The average Bonchev–Trinajstić information content (AvgIpc) is 2.54. The minimum atomic E-state index is -2.52. The van der Waals surface area contributed by atoms with E-state index in [-0.39, 0.29) is 18.8 Å². The van der Waals surface area contributed by atoms with Gasteiger partial charge in [0, 0.05) is 12.3 Å². The molecule has 2 unspecified atom stereocenters. The van der Waals surface area contributed by atoms with E-state index < -0.39 is 23.6 Å². The summed E-state index contributed by atoms with van der Waals surface area (Å²) in [5, 5.41) is 28.1. The first-order valence-corrected chi connectivity index (χ1v) is 6.93. The fourth-order valence-corrected chi connectivity index (χ4v) is 2.26. The molecule has 2 N–H and O–H groups in total. The Bertz CT molecular complexity index is 688. The zero-order valence-electron chi connectivity index (χ0n) is 12.4. The van der Waals surface area contributed by atoms with Crippen molar-refractivity contribution in [3.05, 3.63) is 47.2 Å². The highest BCUT2D eigenvalue weighted by Gasteiger charge is 2.46. The number of carboxylic acid groups (broad SMARTS) is 1. The average molecular weight is 317 g/mol. The standard InChI is InChI=1S/C16H15NO6/c1-2-22-14(18)13-7-12(8-16(21,23-13)15(19)20)11-5-3-10(9-17)4-6-11/h3-7,12,21H,2,8H2,1H3,(H,19,20). The lowest BCUT2D eigenvalue weighted by Crippen LogP contribution is -2.45. The molecule has 2 atom stereocenters. The minimum Gasteiger partial charge on any atom is -0.476 e. The SMILES string of the molecule is CCOC(=O)C1=CC(c2ccc(C#N)cc2)CC(O)(C(=O)O)O1. The largest absolute Gasteiger partial charge is 0.476 e. The van der Waals surface area contributed by atoms with Gasteiger partial charge in [0.25, 0.3) is 0 Å². The van der Waals surface area contributed by atoms with Crippen LogP contribution >= 0.6 is 0 Å². The van der Waals surface area contributed by atoms with E-state index >= 15 is 0 Å². The molecule has 2 rings (SSSR count). The number of benzene rings is 1. The van der Waals surface area contributed by atoms with E-state index in [1.54, 1.807) is 31.2 Å². The highest BCUT2D eigenvalue weighted by molar-refractivity contribution is 5.88. The molecule has 7 nitrogen and oxygen atoms in total. The van der Waals surface area contributed by atoms with Crippen LogP contribution in [-0.2, 0) is 19.1 Å². The van der Waals surface area contributed by atoms with Crippen LogP contribution in [0.3, 0.4) is 0 Å². The van der Waals surface area contributed by atoms with E-state index in [2.05, 4.69) is 0 Å². The monoisotopic (exact) mass is 317 g/mol. The number of nitrogens with zero attached hydrogens (tertiary/aromatic N) is 1. The lowest BCUT2D eigenvalue weighted by molar-refractivity contribution is -0.219. The number of aliphatic carboxylic acids is 1. The Morgan fingerprint density at radius 1 is 1.43 bits per heavy atom. The molecule has 0 aliphatic carbocycles. The summed E-state index contributed by atoms with van der Waals surface area (Å²) < 4.78 is 9.73. The first-order valence-electron chi connectivity index (χ1n) is 6.93. The zero-order valence-corrected chi connectivity index (χ0v) is 12.4. The van der Waals surface area contributed by atoms with Crippen LogP contribution in [0.25, 0.3) is 0 Å². The van der Waals surface area contributed by atoms with Gasteiger partial charge in [-0.1, -0.05) is 12.1 Å². The second-order valence-electron chi connectivity index (χ2n) is 4.99. The first-order chi connectivity index (χ1) is 10.9. The van der Waals surface area contributed by atoms with Crippen molar-refractivity contribution < 1.29 is 29.3 Å². The van der Waals surface area contributed by atoms with Crippen molar-refractivity contribution in [2.24, 2.45) is 0 Å². The molecule has 0 aromatic heterocycles. The van der Waals surface area contributed by atoms with E-state index in [1.165, 1.54) is 6.08 Å². The van der Waals surface area contributed by atoms with Crippen LogP contribution in [0.15, 0.2) is 36.1 Å². The number of hydrogen-bond donors (Lipinski definition) is 2. The second kappa shape index (κ2) is 6.50. The molecule has 1 aromatic rings. The van der Waals surface area contributed by atoms with Gasteiger partial charge in [-0.2, -0.15) is 5.26 Å². The van der Waals surface area contributed by atoms with Crippen LogP contribution in [0.4, 0.5) is 0 Å². The molecule has 1 aliphatic rings. The summed E-state index contributed by atoms with van der Waals surface area (Å²) in [4.78, 5) is 23.1. The van der Waals surface area contributed by atoms with Crippen LogP contribution in [0, 0.1) is 11.3 Å². The van der Waals surface area contributed by atoms with Crippen LogP contribution in [0.2, 0.25) is 0 Å². The van der Waals surface area contributed by atoms with E-state index in [0.29, 0.717) is 11.1 Å². The van der Waals surface area contributed by atoms with Gasteiger partial charge in [0.1, 0.15) is 0 Å². The fourth-order valence-electron chi connectivity index (χ4n) is 2.26. The number of carbonyl (C=O) groups is 2. The van der Waals surface area contributed by atoms with Gasteiger partial charge >= 0.3 is 17.7 Å². The number of rotatable bonds is 4. The van der Waals surface area contributed by atoms with Gasteiger partial charge in [-0.15, -0.1) is 0 Å². The summed E-state index contributed by atoms with van der Waals surface area (Å²) in [6, 6.07) is 8.39. The molecule has 0 bridgehead atoms. The van der Waals surface area contributed by atoms with Gasteiger partial charge in [-0.3, -0.25) is 0 Å². The Balaban J connectivity index is 2.39. The lowest BCUT2D eigenvalue weighted by Gasteiger charge is -2.32. The molecule has 0 radical (unpaired) electrons. The summed E-state index contributed by atoms with van der Waals surface area (Å²) in [5.74, 6) is -5.87. The fraction of sp³-hybridized carbons (Fsp3) is 0.312. The topological polar surface area (TPSA) is 117 Å². The lowest BCUT2D eigenvalue weighted by atomic mass is 9.88. The summed E-state index contributed by atoms with van der Waals surface area (Å²) >= 11 is 0. The molecule has 23 heavy (non-hydrogen) atoms. The Kier molecular flexibility index (Phi) is 4.67. The predicted molar refractivity (Wildman–Crippen MR) is 76.9 cm³/mol. The molecule has 1 aromatic carbocycles. The molecule has 0 saturated heterocycles. The van der Waals surface area contributed by atoms with Crippen molar-refractivity contribution in [2.45, 2.75) is 25.0 Å². The third kappa shape index (κ3) is 3.49. The van der Waals surface area contributed by atoms with E-state index in [9.17, 15) is 19.8 Å². The molecule has 0 amide bonds. The summed E-state index contributed by atoms with van der Waals surface area (Å²) in [6.07, 6.45) is 1.15. The van der Waals surface area contributed by atoms with Gasteiger partial charge in [0.2, 0.25) is 5.76 Å². The molecule has 0 saturated carbocycles. The number of allylic oxidation sites excluding steroid dienone is 1. The number of aliphatic hydroxyl groups is 1. The highest BCUT2D eigenvalue weighted by atomic mass is 16.7. The molecule has 120 valence electrons. The normalized spacial score (nSPS) is 23.2. The van der Waals surface area contributed by atoms with Crippen molar-refractivity contribution in [2.75, 3.05) is 6.61 Å². The van der Waals surface area contributed by atoms with Crippen molar-refractivity contribution >= 4 is 11.9 Å². The molecule has 0 fully saturated rings. The number of nitriles is 1.